The van der Waals surface area contributed by atoms with E-state index in [9.17, 15) is 13.2 Å². The van der Waals surface area contributed by atoms with Crippen LogP contribution in [0.2, 0.25) is 0 Å². The number of morpholine rings is 1. The normalized spacial score (nSPS) is 16.4. The molecule has 1 atom stereocenters. The van der Waals surface area contributed by atoms with Gasteiger partial charge in [0.15, 0.2) is 6.10 Å². The molecule has 0 aromatic heterocycles. The Labute approximate surface area is 165 Å². The van der Waals surface area contributed by atoms with Gasteiger partial charge < -0.3 is 14.8 Å². The van der Waals surface area contributed by atoms with Crippen LogP contribution in [-0.4, -0.2) is 51.0 Å². The molecule has 150 valence electrons. The standard InChI is InChI=1S/C20H24N2O5S/c1-15-6-8-18(9-7-15)27-16(2)20(23)21-17-4-3-5-19(14-17)28(24,25)22-10-12-26-13-11-22/h3-9,14,16H,10-13H2,1-2H3,(H,21,23). The summed E-state index contributed by atoms with van der Waals surface area (Å²) in [7, 11) is -3.62. The minimum Gasteiger partial charge on any atom is -0.481 e. The minimum atomic E-state index is -3.62. The van der Waals surface area contributed by atoms with Crippen LogP contribution < -0.4 is 10.1 Å². The molecule has 0 radical (unpaired) electrons. The summed E-state index contributed by atoms with van der Waals surface area (Å²) in [5, 5.41) is 2.72. The summed E-state index contributed by atoms with van der Waals surface area (Å²) in [6.45, 7) is 5.01. The van der Waals surface area contributed by atoms with E-state index in [4.69, 9.17) is 9.47 Å². The van der Waals surface area contributed by atoms with Crippen molar-refractivity contribution in [1.29, 1.82) is 0 Å². The lowest BCUT2D eigenvalue weighted by molar-refractivity contribution is -0.122. The number of benzene rings is 2. The van der Waals surface area contributed by atoms with Gasteiger partial charge in [0.1, 0.15) is 5.75 Å². The zero-order valence-corrected chi connectivity index (χ0v) is 16.7. The lowest BCUT2D eigenvalue weighted by Crippen LogP contribution is -2.40. The third-order valence-electron chi connectivity index (χ3n) is 4.41. The molecule has 1 heterocycles. The summed E-state index contributed by atoms with van der Waals surface area (Å²) < 4.78 is 37.8. The smallest absolute Gasteiger partial charge is 0.265 e. The van der Waals surface area contributed by atoms with E-state index in [1.54, 1.807) is 31.2 Å². The van der Waals surface area contributed by atoms with Crippen molar-refractivity contribution in [2.24, 2.45) is 0 Å². The zero-order chi connectivity index (χ0) is 20.1. The van der Waals surface area contributed by atoms with Crippen molar-refractivity contribution in [3.63, 3.8) is 0 Å². The van der Waals surface area contributed by atoms with Crippen LogP contribution in [-0.2, 0) is 19.6 Å². The Kier molecular flexibility index (Phi) is 6.33. The third-order valence-corrected chi connectivity index (χ3v) is 6.31. The van der Waals surface area contributed by atoms with Crippen LogP contribution in [0.15, 0.2) is 53.4 Å². The number of ether oxygens (including phenoxy) is 2. The molecule has 2 aromatic rings. The van der Waals surface area contributed by atoms with E-state index in [0.717, 1.165) is 5.56 Å². The number of sulfonamides is 1. The molecule has 0 bridgehead atoms. The highest BCUT2D eigenvalue weighted by Crippen LogP contribution is 2.21. The molecule has 0 saturated carbocycles. The highest BCUT2D eigenvalue weighted by Gasteiger charge is 2.26. The predicted molar refractivity (Wildman–Crippen MR) is 106 cm³/mol. The molecule has 1 fully saturated rings. The molecule has 1 N–H and O–H groups in total. The first kappa shape index (κ1) is 20.3. The van der Waals surface area contributed by atoms with Crippen LogP contribution in [0.3, 0.4) is 0 Å². The molecule has 1 unspecified atom stereocenters. The monoisotopic (exact) mass is 404 g/mol. The van der Waals surface area contributed by atoms with Gasteiger partial charge in [0, 0.05) is 18.8 Å². The number of carbonyl (C=O) groups excluding carboxylic acids is 1. The average Bonchev–Trinajstić information content (AvgIpc) is 2.70. The molecular weight excluding hydrogens is 380 g/mol. The molecule has 2 aromatic carbocycles. The second kappa shape index (κ2) is 8.72. The van der Waals surface area contributed by atoms with E-state index in [0.29, 0.717) is 37.7 Å². The van der Waals surface area contributed by atoms with Crippen molar-refractivity contribution in [2.75, 3.05) is 31.6 Å². The van der Waals surface area contributed by atoms with E-state index in [2.05, 4.69) is 5.32 Å². The summed E-state index contributed by atoms with van der Waals surface area (Å²) in [5.41, 5.74) is 1.50. The van der Waals surface area contributed by atoms with Gasteiger partial charge in [0.2, 0.25) is 10.0 Å². The van der Waals surface area contributed by atoms with Crippen molar-refractivity contribution in [3.05, 3.63) is 54.1 Å². The van der Waals surface area contributed by atoms with E-state index in [1.807, 2.05) is 19.1 Å². The number of hydrogen-bond donors (Lipinski definition) is 1. The van der Waals surface area contributed by atoms with E-state index >= 15 is 0 Å². The second-order valence-corrected chi connectivity index (χ2v) is 8.54. The highest BCUT2D eigenvalue weighted by atomic mass is 32.2. The number of anilines is 1. The molecule has 1 saturated heterocycles. The number of rotatable bonds is 6. The van der Waals surface area contributed by atoms with E-state index in [1.165, 1.54) is 16.4 Å². The van der Waals surface area contributed by atoms with Gasteiger partial charge in [-0.1, -0.05) is 23.8 Å². The second-order valence-electron chi connectivity index (χ2n) is 6.61. The zero-order valence-electron chi connectivity index (χ0n) is 15.9. The molecular formula is C20H24N2O5S. The summed E-state index contributed by atoms with van der Waals surface area (Å²) in [5.74, 6) is 0.235. The SMILES string of the molecule is Cc1ccc(OC(C)C(=O)Nc2cccc(S(=O)(=O)N3CCOCC3)c2)cc1. The first-order valence-corrected chi connectivity index (χ1v) is 10.5. The summed E-state index contributed by atoms with van der Waals surface area (Å²) in [4.78, 5) is 12.6. The van der Waals surface area contributed by atoms with Crippen molar-refractivity contribution in [2.45, 2.75) is 24.8 Å². The maximum atomic E-state index is 12.8. The average molecular weight is 404 g/mol. The van der Waals surface area contributed by atoms with Gasteiger partial charge >= 0.3 is 0 Å². The minimum absolute atomic E-state index is 0.138. The Balaban J connectivity index is 1.68. The first-order valence-electron chi connectivity index (χ1n) is 9.08. The molecule has 1 aliphatic rings. The van der Waals surface area contributed by atoms with Crippen LogP contribution in [0, 0.1) is 6.92 Å². The molecule has 1 aliphatic heterocycles. The Hall–Kier alpha value is -2.42. The third kappa shape index (κ3) is 4.89. The maximum absolute atomic E-state index is 12.8. The molecule has 0 aliphatic carbocycles. The highest BCUT2D eigenvalue weighted by molar-refractivity contribution is 7.89. The van der Waals surface area contributed by atoms with Crippen LogP contribution in [0.25, 0.3) is 0 Å². The van der Waals surface area contributed by atoms with E-state index < -0.39 is 16.1 Å². The number of aryl methyl sites for hydroxylation is 1. The van der Waals surface area contributed by atoms with Gasteiger partial charge in [0.25, 0.3) is 5.91 Å². The lowest BCUT2D eigenvalue weighted by atomic mass is 10.2. The van der Waals surface area contributed by atoms with Crippen LogP contribution >= 0.6 is 0 Å². The Morgan fingerprint density at radius 1 is 1.14 bits per heavy atom. The van der Waals surface area contributed by atoms with Gasteiger partial charge in [-0.2, -0.15) is 4.31 Å². The quantitative estimate of drug-likeness (QED) is 0.799. The molecule has 7 nitrogen and oxygen atoms in total. The predicted octanol–water partition coefficient (Wildman–Crippen LogP) is 2.42. The van der Waals surface area contributed by atoms with Crippen LogP contribution in [0.5, 0.6) is 5.75 Å². The fourth-order valence-electron chi connectivity index (χ4n) is 2.79. The van der Waals surface area contributed by atoms with Gasteiger partial charge in [-0.05, 0) is 44.2 Å². The Morgan fingerprint density at radius 2 is 1.82 bits per heavy atom. The number of hydrogen-bond acceptors (Lipinski definition) is 5. The Morgan fingerprint density at radius 3 is 2.50 bits per heavy atom. The van der Waals surface area contributed by atoms with Crippen LogP contribution in [0.1, 0.15) is 12.5 Å². The van der Waals surface area contributed by atoms with Gasteiger partial charge in [0.05, 0.1) is 18.1 Å². The largest absolute Gasteiger partial charge is 0.481 e. The van der Waals surface area contributed by atoms with Crippen molar-refractivity contribution in [1.82, 2.24) is 4.31 Å². The molecule has 3 rings (SSSR count). The Bertz CT molecular complexity index is 922. The van der Waals surface area contributed by atoms with Crippen molar-refractivity contribution >= 4 is 21.6 Å². The van der Waals surface area contributed by atoms with E-state index in [-0.39, 0.29) is 10.8 Å². The molecule has 8 heteroatoms. The summed E-state index contributed by atoms with van der Waals surface area (Å²) in [6.07, 6.45) is -0.734. The first-order chi connectivity index (χ1) is 13.4. The van der Waals surface area contributed by atoms with Gasteiger partial charge in [-0.15, -0.1) is 0 Å². The number of nitrogens with one attached hydrogen (secondary N) is 1. The van der Waals surface area contributed by atoms with Gasteiger partial charge in [-0.25, -0.2) is 8.42 Å². The topological polar surface area (TPSA) is 84.9 Å². The molecule has 0 spiro atoms. The lowest BCUT2D eigenvalue weighted by Gasteiger charge is -2.26. The molecule has 1 amide bonds. The summed E-state index contributed by atoms with van der Waals surface area (Å²) >= 11 is 0. The van der Waals surface area contributed by atoms with Crippen molar-refractivity contribution in [3.8, 4) is 5.75 Å². The number of nitrogens with zero attached hydrogens (tertiary/aromatic N) is 1. The fraction of sp³-hybridized carbons (Fsp3) is 0.350. The maximum Gasteiger partial charge on any atom is 0.265 e. The molecule has 28 heavy (non-hydrogen) atoms. The summed E-state index contributed by atoms with van der Waals surface area (Å²) in [6, 6.07) is 13.6. The van der Waals surface area contributed by atoms with Crippen LogP contribution in [0.4, 0.5) is 5.69 Å². The fourth-order valence-corrected chi connectivity index (χ4v) is 4.24. The van der Waals surface area contributed by atoms with Gasteiger partial charge in [-0.3, -0.25) is 4.79 Å². The van der Waals surface area contributed by atoms with Crippen molar-refractivity contribution < 1.29 is 22.7 Å². The number of carbonyl (C=O) groups is 1. The number of amides is 1.